The van der Waals surface area contributed by atoms with Crippen LogP contribution in [0.5, 0.6) is 0 Å². The molecule has 1 aromatic heterocycles. The summed E-state index contributed by atoms with van der Waals surface area (Å²) in [5, 5.41) is 20.6. The zero-order valence-corrected chi connectivity index (χ0v) is 12.1. The number of carboxylic acid groups (broad SMARTS) is 1. The Morgan fingerprint density at radius 3 is 2.86 bits per heavy atom. The number of anilines is 1. The molecule has 0 unspecified atom stereocenters. The van der Waals surface area contributed by atoms with E-state index >= 15 is 0 Å². The van der Waals surface area contributed by atoms with Crippen molar-refractivity contribution in [1.29, 1.82) is 0 Å². The van der Waals surface area contributed by atoms with Gasteiger partial charge in [-0.2, -0.15) is 5.10 Å². The first kappa shape index (κ1) is 15.5. The number of carbonyl (C=O) groups excluding carboxylic acids is 1. The van der Waals surface area contributed by atoms with Crippen LogP contribution in [0.1, 0.15) is 18.7 Å². The van der Waals surface area contributed by atoms with Gasteiger partial charge in [0, 0.05) is 24.2 Å². The first-order valence-corrected chi connectivity index (χ1v) is 6.80. The van der Waals surface area contributed by atoms with Gasteiger partial charge < -0.3 is 15.7 Å². The molecular formula is C14H17N5O3. The van der Waals surface area contributed by atoms with Gasteiger partial charge in [-0.15, -0.1) is 0 Å². The van der Waals surface area contributed by atoms with Gasteiger partial charge in [-0.3, -0.25) is 9.89 Å². The summed E-state index contributed by atoms with van der Waals surface area (Å²) in [4.78, 5) is 26.3. The Morgan fingerprint density at radius 2 is 2.18 bits per heavy atom. The van der Waals surface area contributed by atoms with Crippen LogP contribution in [0.4, 0.5) is 10.5 Å². The molecule has 1 heterocycles. The minimum absolute atomic E-state index is 0.0277. The van der Waals surface area contributed by atoms with E-state index in [0.717, 1.165) is 5.56 Å². The van der Waals surface area contributed by atoms with Gasteiger partial charge in [0.15, 0.2) is 5.82 Å². The SMILES string of the molecule is Cc1nc(-c2cccc(NC(=O)NCCCC(=O)O)c2)n[nH]1. The van der Waals surface area contributed by atoms with Gasteiger partial charge in [-0.05, 0) is 25.5 Å². The molecule has 0 aliphatic carbocycles. The lowest BCUT2D eigenvalue weighted by molar-refractivity contribution is -0.137. The fraction of sp³-hybridized carbons (Fsp3) is 0.286. The Hall–Kier alpha value is -2.90. The standard InChI is InChI=1S/C14H17N5O3/c1-9-16-13(19-18-9)10-4-2-5-11(8-10)17-14(22)15-7-3-6-12(20)21/h2,4-5,8H,3,6-7H2,1H3,(H,20,21)(H2,15,17,22)(H,16,18,19). The van der Waals surface area contributed by atoms with Crippen molar-refractivity contribution in [3.05, 3.63) is 30.1 Å². The zero-order chi connectivity index (χ0) is 15.9. The van der Waals surface area contributed by atoms with E-state index in [-0.39, 0.29) is 12.5 Å². The van der Waals surface area contributed by atoms with Crippen molar-refractivity contribution in [2.24, 2.45) is 0 Å². The summed E-state index contributed by atoms with van der Waals surface area (Å²) in [6.07, 6.45) is 0.416. The topological polar surface area (TPSA) is 120 Å². The number of carboxylic acids is 1. The monoisotopic (exact) mass is 303 g/mol. The Morgan fingerprint density at radius 1 is 1.36 bits per heavy atom. The van der Waals surface area contributed by atoms with E-state index in [0.29, 0.717) is 30.3 Å². The Labute approximate surface area is 127 Å². The van der Waals surface area contributed by atoms with Gasteiger partial charge in [-0.1, -0.05) is 12.1 Å². The molecule has 1 aromatic carbocycles. The summed E-state index contributed by atoms with van der Waals surface area (Å²) < 4.78 is 0. The van der Waals surface area contributed by atoms with Crippen LogP contribution in [0.2, 0.25) is 0 Å². The highest BCUT2D eigenvalue weighted by Gasteiger charge is 2.06. The molecule has 0 aliphatic heterocycles. The smallest absolute Gasteiger partial charge is 0.319 e. The number of carbonyl (C=O) groups is 2. The number of aliphatic carboxylic acids is 1. The highest BCUT2D eigenvalue weighted by atomic mass is 16.4. The number of rotatable bonds is 6. The number of nitrogens with zero attached hydrogens (tertiary/aromatic N) is 2. The van der Waals surface area contributed by atoms with Crippen LogP contribution in [0.3, 0.4) is 0 Å². The highest BCUT2D eigenvalue weighted by molar-refractivity contribution is 5.89. The van der Waals surface area contributed by atoms with Crippen molar-refractivity contribution in [3.63, 3.8) is 0 Å². The maximum absolute atomic E-state index is 11.7. The van der Waals surface area contributed by atoms with Gasteiger partial charge in [0.05, 0.1) is 0 Å². The second-order valence-corrected chi connectivity index (χ2v) is 4.70. The third kappa shape index (κ3) is 4.58. The first-order chi connectivity index (χ1) is 10.5. The van der Waals surface area contributed by atoms with Crippen LogP contribution in [0.15, 0.2) is 24.3 Å². The number of benzene rings is 1. The lowest BCUT2D eigenvalue weighted by Crippen LogP contribution is -2.29. The Bertz CT molecular complexity index is 668. The number of urea groups is 1. The normalized spacial score (nSPS) is 10.2. The van der Waals surface area contributed by atoms with E-state index in [9.17, 15) is 9.59 Å². The second-order valence-electron chi connectivity index (χ2n) is 4.70. The maximum atomic E-state index is 11.7. The van der Waals surface area contributed by atoms with Gasteiger partial charge in [-0.25, -0.2) is 9.78 Å². The third-order valence-electron chi connectivity index (χ3n) is 2.83. The fourth-order valence-corrected chi connectivity index (χ4v) is 1.82. The maximum Gasteiger partial charge on any atom is 0.319 e. The van der Waals surface area contributed by atoms with Gasteiger partial charge >= 0.3 is 12.0 Å². The molecule has 0 bridgehead atoms. The van der Waals surface area contributed by atoms with E-state index in [2.05, 4.69) is 25.8 Å². The molecule has 0 atom stereocenters. The van der Waals surface area contributed by atoms with Crippen molar-refractivity contribution in [2.75, 3.05) is 11.9 Å². The molecule has 2 amide bonds. The quantitative estimate of drug-likeness (QED) is 0.606. The fourth-order valence-electron chi connectivity index (χ4n) is 1.82. The van der Waals surface area contributed by atoms with Crippen LogP contribution in [0.25, 0.3) is 11.4 Å². The molecule has 0 radical (unpaired) electrons. The highest BCUT2D eigenvalue weighted by Crippen LogP contribution is 2.19. The summed E-state index contributed by atoms with van der Waals surface area (Å²) in [5.41, 5.74) is 1.39. The second kappa shape index (κ2) is 7.21. The number of hydrogen-bond donors (Lipinski definition) is 4. The summed E-state index contributed by atoms with van der Waals surface area (Å²) in [7, 11) is 0. The van der Waals surface area contributed by atoms with Gasteiger partial charge in [0.25, 0.3) is 0 Å². The van der Waals surface area contributed by atoms with E-state index in [1.54, 1.807) is 18.2 Å². The van der Waals surface area contributed by atoms with E-state index < -0.39 is 5.97 Å². The van der Waals surface area contributed by atoms with E-state index in [1.165, 1.54) is 0 Å². The van der Waals surface area contributed by atoms with Gasteiger partial charge in [0.1, 0.15) is 5.82 Å². The molecule has 116 valence electrons. The Kier molecular flexibility index (Phi) is 5.07. The van der Waals surface area contributed by atoms with Crippen LogP contribution < -0.4 is 10.6 Å². The molecule has 0 aliphatic rings. The van der Waals surface area contributed by atoms with Crippen LogP contribution in [0, 0.1) is 6.92 Å². The molecule has 0 saturated heterocycles. The first-order valence-electron chi connectivity index (χ1n) is 6.80. The number of H-pyrrole nitrogens is 1. The third-order valence-corrected chi connectivity index (χ3v) is 2.83. The molecule has 22 heavy (non-hydrogen) atoms. The van der Waals surface area contributed by atoms with Crippen molar-refractivity contribution < 1.29 is 14.7 Å². The largest absolute Gasteiger partial charge is 0.481 e. The minimum Gasteiger partial charge on any atom is -0.481 e. The number of amides is 2. The molecule has 8 nitrogen and oxygen atoms in total. The zero-order valence-electron chi connectivity index (χ0n) is 12.1. The molecule has 0 spiro atoms. The molecular weight excluding hydrogens is 286 g/mol. The number of aromatic nitrogens is 3. The molecule has 4 N–H and O–H groups in total. The summed E-state index contributed by atoms with van der Waals surface area (Å²) in [5.74, 6) is 0.393. The lowest BCUT2D eigenvalue weighted by atomic mass is 10.2. The van der Waals surface area contributed by atoms with Crippen LogP contribution in [-0.2, 0) is 4.79 Å². The number of hydrogen-bond acceptors (Lipinski definition) is 4. The molecule has 0 saturated carbocycles. The van der Waals surface area contributed by atoms with Crippen LogP contribution in [-0.4, -0.2) is 38.8 Å². The average Bonchev–Trinajstić information content (AvgIpc) is 2.90. The number of nitrogens with one attached hydrogen (secondary N) is 3. The van der Waals surface area contributed by atoms with Crippen molar-refractivity contribution in [3.8, 4) is 11.4 Å². The minimum atomic E-state index is -0.878. The molecule has 8 heteroatoms. The predicted octanol–water partition coefficient (Wildman–Crippen LogP) is 1.77. The van der Waals surface area contributed by atoms with Gasteiger partial charge in [0.2, 0.25) is 0 Å². The van der Waals surface area contributed by atoms with E-state index in [1.807, 2.05) is 13.0 Å². The summed E-state index contributed by atoms with van der Waals surface area (Å²) in [6.45, 7) is 2.11. The Balaban J connectivity index is 1.90. The lowest BCUT2D eigenvalue weighted by Gasteiger charge is -2.07. The predicted molar refractivity (Wildman–Crippen MR) is 80.4 cm³/mol. The van der Waals surface area contributed by atoms with Crippen molar-refractivity contribution in [2.45, 2.75) is 19.8 Å². The number of aryl methyl sites for hydroxylation is 1. The van der Waals surface area contributed by atoms with Crippen molar-refractivity contribution in [1.82, 2.24) is 20.5 Å². The van der Waals surface area contributed by atoms with E-state index in [4.69, 9.17) is 5.11 Å². The summed E-state index contributed by atoms with van der Waals surface area (Å²) in [6, 6.07) is 6.77. The van der Waals surface area contributed by atoms with Crippen LogP contribution >= 0.6 is 0 Å². The summed E-state index contributed by atoms with van der Waals surface area (Å²) >= 11 is 0. The number of aromatic amines is 1. The molecule has 2 aromatic rings. The molecule has 2 rings (SSSR count). The average molecular weight is 303 g/mol. The van der Waals surface area contributed by atoms with Crippen molar-refractivity contribution >= 4 is 17.7 Å². The molecule has 0 fully saturated rings.